The Morgan fingerprint density at radius 3 is 2.41 bits per heavy atom. The number of nitrogens with zero attached hydrogens (tertiary/aromatic N) is 2. The molecule has 27 heavy (non-hydrogen) atoms. The van der Waals surface area contributed by atoms with Crippen LogP contribution >= 0.6 is 0 Å². The van der Waals surface area contributed by atoms with E-state index >= 15 is 0 Å². The Hall–Kier alpha value is -2.38. The minimum Gasteiger partial charge on any atom is -0.398 e. The highest BCUT2D eigenvalue weighted by atomic mass is 32.2. The quantitative estimate of drug-likeness (QED) is 0.800. The van der Waals surface area contributed by atoms with Crippen molar-refractivity contribution in [2.75, 3.05) is 30.3 Å². The summed E-state index contributed by atoms with van der Waals surface area (Å²) < 4.78 is 26.6. The average molecular weight is 388 g/mol. The Morgan fingerprint density at radius 2 is 1.78 bits per heavy atom. The van der Waals surface area contributed by atoms with Gasteiger partial charge in [0.25, 0.3) is 5.91 Å². The highest BCUT2D eigenvalue weighted by Crippen LogP contribution is 2.32. The molecular formula is C20H25N3O3S. The molecule has 2 aromatic rings. The normalized spacial score (nSPS) is 14.3. The molecule has 0 aromatic heterocycles. The number of fused-ring (bicyclic) bond motifs is 1. The summed E-state index contributed by atoms with van der Waals surface area (Å²) in [7, 11) is -3.53. The molecule has 1 aliphatic rings. The van der Waals surface area contributed by atoms with Crippen molar-refractivity contribution in [1.29, 1.82) is 0 Å². The van der Waals surface area contributed by atoms with Crippen LogP contribution in [-0.2, 0) is 16.4 Å². The summed E-state index contributed by atoms with van der Waals surface area (Å²) in [6, 6.07) is 11.8. The van der Waals surface area contributed by atoms with Crippen molar-refractivity contribution >= 4 is 27.3 Å². The summed E-state index contributed by atoms with van der Waals surface area (Å²) in [5.74, 6) is -0.145. The Morgan fingerprint density at radius 1 is 1.11 bits per heavy atom. The number of nitrogen functional groups attached to an aromatic ring is 1. The van der Waals surface area contributed by atoms with E-state index in [4.69, 9.17) is 5.73 Å². The van der Waals surface area contributed by atoms with E-state index in [9.17, 15) is 13.2 Å². The number of sulfonamides is 1. The number of carbonyl (C=O) groups is 1. The fourth-order valence-electron chi connectivity index (χ4n) is 3.50. The SMILES string of the molecule is CCN(CC)S(=O)(=O)c1ccc(C(=O)N2CCCc3c(N)cccc32)cc1. The van der Waals surface area contributed by atoms with Crippen LogP contribution < -0.4 is 10.6 Å². The number of benzene rings is 2. The number of rotatable bonds is 5. The van der Waals surface area contributed by atoms with Crippen molar-refractivity contribution in [3.8, 4) is 0 Å². The van der Waals surface area contributed by atoms with Crippen LogP contribution in [0, 0.1) is 0 Å². The predicted molar refractivity (Wildman–Crippen MR) is 107 cm³/mol. The molecule has 0 radical (unpaired) electrons. The van der Waals surface area contributed by atoms with Crippen LogP contribution in [0.5, 0.6) is 0 Å². The molecule has 0 unspecified atom stereocenters. The van der Waals surface area contributed by atoms with E-state index in [1.165, 1.54) is 16.4 Å². The highest BCUT2D eigenvalue weighted by molar-refractivity contribution is 7.89. The van der Waals surface area contributed by atoms with Crippen molar-refractivity contribution in [3.05, 3.63) is 53.6 Å². The van der Waals surface area contributed by atoms with Gasteiger partial charge in [-0.25, -0.2) is 8.42 Å². The van der Waals surface area contributed by atoms with E-state index in [-0.39, 0.29) is 10.8 Å². The van der Waals surface area contributed by atoms with Crippen molar-refractivity contribution in [2.45, 2.75) is 31.6 Å². The van der Waals surface area contributed by atoms with Crippen LogP contribution in [0.3, 0.4) is 0 Å². The second kappa shape index (κ2) is 7.70. The van der Waals surface area contributed by atoms with Gasteiger partial charge in [0, 0.05) is 36.6 Å². The fourth-order valence-corrected chi connectivity index (χ4v) is 4.96. The second-order valence-electron chi connectivity index (χ2n) is 6.52. The molecule has 0 aliphatic carbocycles. The summed E-state index contributed by atoms with van der Waals surface area (Å²) in [6.45, 7) is 5.04. The Balaban J connectivity index is 1.89. The molecule has 2 N–H and O–H groups in total. The lowest BCUT2D eigenvalue weighted by Gasteiger charge is -2.30. The van der Waals surface area contributed by atoms with Crippen molar-refractivity contribution < 1.29 is 13.2 Å². The molecule has 0 spiro atoms. The number of hydrogen-bond acceptors (Lipinski definition) is 4. The van der Waals surface area contributed by atoms with Gasteiger partial charge >= 0.3 is 0 Å². The topological polar surface area (TPSA) is 83.7 Å². The first-order valence-electron chi connectivity index (χ1n) is 9.19. The number of nitrogens with two attached hydrogens (primary N) is 1. The first-order valence-corrected chi connectivity index (χ1v) is 10.6. The minimum absolute atomic E-state index is 0.145. The zero-order chi connectivity index (χ0) is 19.6. The van der Waals surface area contributed by atoms with Crippen molar-refractivity contribution in [1.82, 2.24) is 4.31 Å². The van der Waals surface area contributed by atoms with Gasteiger partial charge in [-0.3, -0.25) is 4.79 Å². The molecule has 0 saturated heterocycles. The molecule has 0 atom stereocenters. The third-order valence-corrected chi connectivity index (χ3v) is 7.04. The Kier molecular flexibility index (Phi) is 5.53. The lowest BCUT2D eigenvalue weighted by atomic mass is 9.99. The maximum absolute atomic E-state index is 13.0. The number of anilines is 2. The molecule has 144 valence electrons. The second-order valence-corrected chi connectivity index (χ2v) is 8.46. The van der Waals surface area contributed by atoms with Gasteiger partial charge in [-0.05, 0) is 54.8 Å². The maximum Gasteiger partial charge on any atom is 0.258 e. The molecule has 2 aromatic carbocycles. The smallest absolute Gasteiger partial charge is 0.258 e. The number of carbonyl (C=O) groups excluding carboxylic acids is 1. The first-order chi connectivity index (χ1) is 12.9. The monoisotopic (exact) mass is 387 g/mol. The summed E-state index contributed by atoms with van der Waals surface area (Å²) in [4.78, 5) is 14.9. The zero-order valence-corrected chi connectivity index (χ0v) is 16.5. The molecule has 0 saturated carbocycles. The first kappa shape index (κ1) is 19.4. The summed E-state index contributed by atoms with van der Waals surface area (Å²) >= 11 is 0. The molecule has 3 rings (SSSR count). The highest BCUT2D eigenvalue weighted by Gasteiger charge is 2.26. The van der Waals surface area contributed by atoms with Gasteiger partial charge in [0.1, 0.15) is 0 Å². The molecule has 6 nitrogen and oxygen atoms in total. The molecule has 1 heterocycles. The van der Waals surface area contributed by atoms with Crippen LogP contribution in [0.2, 0.25) is 0 Å². The van der Waals surface area contributed by atoms with Crippen molar-refractivity contribution in [3.63, 3.8) is 0 Å². The molecule has 1 aliphatic heterocycles. The van der Waals surface area contributed by atoms with Gasteiger partial charge in [0.15, 0.2) is 0 Å². The largest absolute Gasteiger partial charge is 0.398 e. The standard InChI is InChI=1S/C20H25N3O3S/c1-3-22(4-2)27(25,26)16-12-10-15(11-13-16)20(24)23-14-6-7-17-18(21)8-5-9-19(17)23/h5,8-13H,3-4,6-7,14,21H2,1-2H3. The van der Waals surface area contributed by atoms with Crippen LogP contribution in [0.1, 0.15) is 36.2 Å². The van der Waals surface area contributed by atoms with Gasteiger partial charge in [-0.1, -0.05) is 19.9 Å². The lowest BCUT2D eigenvalue weighted by molar-refractivity contribution is 0.0985. The summed E-state index contributed by atoms with van der Waals surface area (Å²) in [6.07, 6.45) is 1.70. The van der Waals surface area contributed by atoms with Crippen LogP contribution in [0.15, 0.2) is 47.4 Å². The molecule has 1 amide bonds. The molecule has 0 fully saturated rings. The summed E-state index contributed by atoms with van der Waals surface area (Å²) in [5.41, 5.74) is 9.05. The molecule has 7 heteroatoms. The Bertz CT molecular complexity index is 935. The maximum atomic E-state index is 13.0. The van der Waals surface area contributed by atoms with Crippen molar-refractivity contribution in [2.24, 2.45) is 0 Å². The third kappa shape index (κ3) is 3.57. The molecule has 0 bridgehead atoms. The van der Waals surface area contributed by atoms with Gasteiger partial charge in [0.2, 0.25) is 10.0 Å². The predicted octanol–water partition coefficient (Wildman–Crippen LogP) is 2.89. The van der Waals surface area contributed by atoms with Gasteiger partial charge in [-0.15, -0.1) is 0 Å². The molecular weight excluding hydrogens is 362 g/mol. The van der Waals surface area contributed by atoms with Gasteiger partial charge in [-0.2, -0.15) is 4.31 Å². The van der Waals surface area contributed by atoms with E-state index in [0.29, 0.717) is 30.9 Å². The van der Waals surface area contributed by atoms with E-state index in [1.54, 1.807) is 30.9 Å². The summed E-state index contributed by atoms with van der Waals surface area (Å²) in [5, 5.41) is 0. The zero-order valence-electron chi connectivity index (χ0n) is 15.7. The number of amides is 1. The van der Waals surface area contributed by atoms with E-state index in [2.05, 4.69) is 0 Å². The van der Waals surface area contributed by atoms with Crippen LogP contribution in [0.4, 0.5) is 11.4 Å². The Labute approximate surface area is 160 Å². The van der Waals surface area contributed by atoms with E-state index in [0.717, 1.165) is 24.1 Å². The van der Waals surface area contributed by atoms with Gasteiger partial charge in [0.05, 0.1) is 4.90 Å². The average Bonchev–Trinajstić information content (AvgIpc) is 2.68. The van der Waals surface area contributed by atoms with Crippen LogP contribution in [0.25, 0.3) is 0 Å². The fraction of sp³-hybridized carbons (Fsp3) is 0.350. The van der Waals surface area contributed by atoms with E-state index in [1.807, 2.05) is 18.2 Å². The number of hydrogen-bond donors (Lipinski definition) is 1. The van der Waals surface area contributed by atoms with Gasteiger partial charge < -0.3 is 10.6 Å². The lowest BCUT2D eigenvalue weighted by Crippen LogP contribution is -2.35. The van der Waals surface area contributed by atoms with Crippen LogP contribution in [-0.4, -0.2) is 38.3 Å². The van der Waals surface area contributed by atoms with E-state index < -0.39 is 10.0 Å². The third-order valence-electron chi connectivity index (χ3n) is 4.98. The minimum atomic E-state index is -3.53.